The van der Waals surface area contributed by atoms with Gasteiger partial charge in [-0.15, -0.1) is 0 Å². The first kappa shape index (κ1) is 37.3. The Hall–Kier alpha value is -3.60. The van der Waals surface area contributed by atoms with Crippen molar-refractivity contribution in [1.82, 2.24) is 9.97 Å². The lowest BCUT2D eigenvalue weighted by Crippen LogP contribution is -2.12. The van der Waals surface area contributed by atoms with Gasteiger partial charge in [-0.2, -0.15) is 0 Å². The number of hydrogen-bond donors (Lipinski definition) is 0. The lowest BCUT2D eigenvalue weighted by atomic mass is 9.82. The predicted molar refractivity (Wildman–Crippen MR) is 236 cm³/mol. The first-order valence-electron chi connectivity index (χ1n) is 17.6. The van der Waals surface area contributed by atoms with E-state index in [9.17, 15) is 0 Å². The topological polar surface area (TPSA) is 25.8 Å². The second-order valence-corrected chi connectivity index (χ2v) is 18.2. The minimum atomic E-state index is -0.210. The zero-order chi connectivity index (χ0) is 38.4. The number of hydrogen-bond acceptors (Lipinski definition) is 2. The maximum absolute atomic E-state index is 7.21. The van der Waals surface area contributed by atoms with Gasteiger partial charge in [-0.25, -0.2) is 9.97 Å². The molecule has 8 heteroatoms. The van der Waals surface area contributed by atoms with E-state index in [1.165, 1.54) is 0 Å². The summed E-state index contributed by atoms with van der Waals surface area (Å²) in [6.45, 7) is 13.1. The Balaban J connectivity index is 1.61. The summed E-state index contributed by atoms with van der Waals surface area (Å²) < 4.78 is 0. The SMILES string of the molecule is CC(C)(C)c1cc(-c2c(Cl)cccc2Cl)c2nc(-c3nc4c(-c5c(Cl)cccc5Cl)cc(C(C)(C)C)cc4c4c(Cl)cccc34)c3cccc(Cl)c3c2c1. The number of pyridine rings is 2. The van der Waals surface area contributed by atoms with Crippen molar-refractivity contribution in [3.05, 3.63) is 138 Å². The third-order valence-electron chi connectivity index (χ3n) is 10.2. The second-order valence-electron chi connectivity index (χ2n) is 15.8. The van der Waals surface area contributed by atoms with Crippen molar-refractivity contribution in [2.45, 2.75) is 52.4 Å². The fourth-order valence-corrected chi connectivity index (χ4v) is 9.10. The number of halogens is 6. The number of nitrogens with zero attached hydrogens (tertiary/aromatic N) is 2. The van der Waals surface area contributed by atoms with Crippen molar-refractivity contribution in [1.29, 1.82) is 0 Å². The largest absolute Gasteiger partial charge is 0.245 e. The fourth-order valence-electron chi connectivity index (χ4n) is 7.34. The third kappa shape index (κ3) is 6.20. The van der Waals surface area contributed by atoms with Crippen molar-refractivity contribution in [3.8, 4) is 33.6 Å². The van der Waals surface area contributed by atoms with Gasteiger partial charge in [0.15, 0.2) is 0 Å². The van der Waals surface area contributed by atoms with Crippen molar-refractivity contribution in [3.63, 3.8) is 0 Å². The molecule has 0 spiro atoms. The molecular weight excluding hydrogens is 793 g/mol. The van der Waals surface area contributed by atoms with Crippen LogP contribution in [0.4, 0.5) is 0 Å². The zero-order valence-electron chi connectivity index (χ0n) is 30.4. The normalized spacial score (nSPS) is 12.4. The maximum atomic E-state index is 7.21. The minimum Gasteiger partial charge on any atom is -0.245 e. The molecule has 0 atom stereocenters. The minimum absolute atomic E-state index is 0.210. The molecule has 8 rings (SSSR count). The lowest BCUT2D eigenvalue weighted by Gasteiger charge is -2.24. The molecular formula is C46H34Cl6N2. The molecule has 0 aliphatic carbocycles. The highest BCUT2D eigenvalue weighted by Gasteiger charge is 2.27. The van der Waals surface area contributed by atoms with E-state index >= 15 is 0 Å². The first-order chi connectivity index (χ1) is 25.5. The van der Waals surface area contributed by atoms with Crippen LogP contribution in [0.1, 0.15) is 52.7 Å². The van der Waals surface area contributed by atoms with Gasteiger partial charge in [0.2, 0.25) is 0 Å². The summed E-state index contributed by atoms with van der Waals surface area (Å²) in [5, 5.41) is 8.43. The first-order valence-corrected chi connectivity index (χ1v) is 19.8. The summed E-state index contributed by atoms with van der Waals surface area (Å²) >= 11 is 42.3. The molecule has 0 saturated heterocycles. The van der Waals surface area contributed by atoms with Gasteiger partial charge in [-0.3, -0.25) is 0 Å². The van der Waals surface area contributed by atoms with Gasteiger partial charge >= 0.3 is 0 Å². The Labute approximate surface area is 345 Å². The molecule has 2 aromatic heterocycles. The van der Waals surface area contributed by atoms with Crippen molar-refractivity contribution < 1.29 is 0 Å². The average Bonchev–Trinajstić information content (AvgIpc) is 3.10. The molecule has 0 unspecified atom stereocenters. The van der Waals surface area contributed by atoms with E-state index in [2.05, 4.69) is 65.8 Å². The molecule has 8 aromatic rings. The van der Waals surface area contributed by atoms with Crippen LogP contribution < -0.4 is 0 Å². The fraction of sp³-hybridized carbons (Fsp3) is 0.174. The standard InChI is InChI=1S/C46H34Cl6N2/c1-45(2,3)23-19-27-37-25(11-7-13-31(37)47)43(53-41(27)29(21-23)39-33(49)15-9-16-34(39)50)44-26-12-8-14-32(48)38(26)28-20-24(46(4,5)6)22-30(42(28)54-44)40-35(51)17-10-18-36(40)52/h7-22H,1-6H3. The zero-order valence-corrected chi connectivity index (χ0v) is 34.9. The summed E-state index contributed by atoms with van der Waals surface area (Å²) in [7, 11) is 0. The van der Waals surface area contributed by atoms with Gasteiger partial charge in [0.25, 0.3) is 0 Å². The van der Waals surface area contributed by atoms with E-state index in [1.807, 2.05) is 72.8 Å². The quantitative estimate of drug-likeness (QED) is 0.166. The Morgan fingerprint density at radius 3 is 1.04 bits per heavy atom. The predicted octanol–water partition coefficient (Wildman–Crippen LogP) is 16.6. The number of rotatable bonds is 3. The lowest BCUT2D eigenvalue weighted by molar-refractivity contribution is 0.591. The van der Waals surface area contributed by atoms with Gasteiger partial charge in [-0.1, -0.05) is 148 Å². The maximum Gasteiger partial charge on any atom is 0.0979 e. The van der Waals surface area contributed by atoms with Crippen LogP contribution in [0.2, 0.25) is 30.1 Å². The average molecular weight is 828 g/mol. The number of fused-ring (bicyclic) bond motifs is 6. The molecule has 2 heterocycles. The highest BCUT2D eigenvalue weighted by Crippen LogP contribution is 2.48. The van der Waals surface area contributed by atoms with Gasteiger partial charge in [0, 0.05) is 84.7 Å². The van der Waals surface area contributed by atoms with Crippen LogP contribution in [0.15, 0.2) is 97.1 Å². The van der Waals surface area contributed by atoms with E-state index in [4.69, 9.17) is 79.6 Å². The van der Waals surface area contributed by atoms with Crippen molar-refractivity contribution in [2.24, 2.45) is 0 Å². The molecule has 0 aliphatic heterocycles. The van der Waals surface area contributed by atoms with E-state index in [-0.39, 0.29) is 10.8 Å². The summed E-state index contributed by atoms with van der Waals surface area (Å²) in [6.07, 6.45) is 0. The Kier molecular flexibility index (Phi) is 9.37. The molecule has 0 bridgehead atoms. The molecule has 270 valence electrons. The molecule has 2 nitrogen and oxygen atoms in total. The summed E-state index contributed by atoms with van der Waals surface area (Å²) in [5.74, 6) is 0. The molecule has 0 fully saturated rings. The third-order valence-corrected chi connectivity index (χ3v) is 12.1. The van der Waals surface area contributed by atoms with Gasteiger partial charge in [0.1, 0.15) is 0 Å². The summed E-state index contributed by atoms with van der Waals surface area (Å²) in [4.78, 5) is 11.1. The van der Waals surface area contributed by atoms with Crippen LogP contribution in [0.5, 0.6) is 0 Å². The van der Waals surface area contributed by atoms with Crippen LogP contribution in [0, 0.1) is 0 Å². The number of benzene rings is 6. The second kappa shape index (κ2) is 13.6. The Morgan fingerprint density at radius 1 is 0.389 bits per heavy atom. The summed E-state index contributed by atoms with van der Waals surface area (Å²) in [6, 6.07) is 31.5. The van der Waals surface area contributed by atoms with Gasteiger partial charge in [-0.05, 0) is 82.6 Å². The van der Waals surface area contributed by atoms with Crippen molar-refractivity contribution in [2.75, 3.05) is 0 Å². The highest BCUT2D eigenvalue weighted by molar-refractivity contribution is 6.43. The highest BCUT2D eigenvalue weighted by atomic mass is 35.5. The molecule has 0 aliphatic rings. The van der Waals surface area contributed by atoms with E-state index in [0.29, 0.717) is 63.7 Å². The smallest absolute Gasteiger partial charge is 0.0979 e. The van der Waals surface area contributed by atoms with Crippen LogP contribution in [-0.2, 0) is 10.8 Å². The van der Waals surface area contributed by atoms with Crippen molar-refractivity contribution >= 4 is 113 Å². The summed E-state index contributed by atoms with van der Waals surface area (Å²) in [5.41, 5.74) is 7.44. The number of aromatic nitrogens is 2. The Morgan fingerprint density at radius 2 is 0.704 bits per heavy atom. The van der Waals surface area contributed by atoms with Crippen LogP contribution in [0.3, 0.4) is 0 Å². The molecule has 0 amide bonds. The van der Waals surface area contributed by atoms with Gasteiger partial charge < -0.3 is 0 Å². The molecule has 6 aromatic carbocycles. The van der Waals surface area contributed by atoms with Crippen LogP contribution in [0.25, 0.3) is 77.0 Å². The van der Waals surface area contributed by atoms with Gasteiger partial charge in [0.05, 0.1) is 22.4 Å². The van der Waals surface area contributed by atoms with E-state index in [1.54, 1.807) is 0 Å². The van der Waals surface area contributed by atoms with E-state index in [0.717, 1.165) is 54.6 Å². The Bertz CT molecular complexity index is 2630. The molecule has 0 saturated carbocycles. The van der Waals surface area contributed by atoms with Crippen LogP contribution >= 0.6 is 69.6 Å². The molecule has 0 radical (unpaired) electrons. The molecule has 0 N–H and O–H groups in total. The monoisotopic (exact) mass is 824 g/mol. The van der Waals surface area contributed by atoms with Crippen LogP contribution in [-0.4, -0.2) is 9.97 Å². The molecule has 54 heavy (non-hydrogen) atoms. The van der Waals surface area contributed by atoms with E-state index < -0.39 is 0 Å².